The van der Waals surface area contributed by atoms with E-state index in [-0.39, 0.29) is 5.91 Å². The van der Waals surface area contributed by atoms with Crippen molar-refractivity contribution in [2.75, 3.05) is 19.5 Å². The van der Waals surface area contributed by atoms with Gasteiger partial charge in [-0.05, 0) is 32.4 Å². The van der Waals surface area contributed by atoms with E-state index in [2.05, 4.69) is 17.2 Å². The molecule has 106 valence electrons. The molecule has 3 N–H and O–H groups in total. The Morgan fingerprint density at radius 1 is 1.47 bits per heavy atom. The number of nitrogens with one attached hydrogen (secondary N) is 1. The highest BCUT2D eigenvalue weighted by molar-refractivity contribution is 5.95. The van der Waals surface area contributed by atoms with Crippen LogP contribution in [0, 0.1) is 0 Å². The molecule has 0 spiro atoms. The highest BCUT2D eigenvalue weighted by atomic mass is 16.5. The number of hydrogen-bond donors (Lipinski definition) is 2. The maximum atomic E-state index is 12.2. The lowest BCUT2D eigenvalue weighted by atomic mass is 10.1. The number of nitrogen functional groups attached to an aromatic ring is 1. The van der Waals surface area contributed by atoms with E-state index in [1.807, 2.05) is 13.8 Å². The monoisotopic (exact) mass is 265 g/mol. The molecule has 0 saturated carbocycles. The molecular formula is C14H23N3O2. The number of carbonyl (C=O) groups excluding carboxylic acids is 1. The number of nitrogens with zero attached hydrogens (tertiary/aromatic N) is 1. The Labute approximate surface area is 114 Å². The van der Waals surface area contributed by atoms with Crippen LogP contribution in [0.4, 0.5) is 5.82 Å². The smallest absolute Gasteiger partial charge is 0.251 e. The molecule has 1 heterocycles. The predicted molar refractivity (Wildman–Crippen MR) is 76.1 cm³/mol. The van der Waals surface area contributed by atoms with Gasteiger partial charge in [0.25, 0.3) is 5.91 Å². The van der Waals surface area contributed by atoms with Gasteiger partial charge in [-0.25, -0.2) is 4.98 Å². The van der Waals surface area contributed by atoms with Crippen LogP contribution in [-0.2, 0) is 11.2 Å². The molecule has 5 heteroatoms. The largest absolute Gasteiger partial charge is 0.384 e. The Morgan fingerprint density at radius 3 is 2.74 bits per heavy atom. The predicted octanol–water partition coefficient (Wildman–Crippen LogP) is 1.77. The van der Waals surface area contributed by atoms with Crippen molar-refractivity contribution in [3.05, 3.63) is 23.4 Å². The fraction of sp³-hybridized carbons (Fsp3) is 0.571. The maximum absolute atomic E-state index is 12.2. The van der Waals surface area contributed by atoms with Crippen molar-refractivity contribution in [1.29, 1.82) is 0 Å². The molecule has 1 rings (SSSR count). The molecule has 0 atom stereocenters. The SMILES string of the molecule is CCCc1cc(C(=O)NC(C)(C)COC)cc(N)n1. The lowest BCUT2D eigenvalue weighted by Crippen LogP contribution is -2.46. The molecule has 0 unspecified atom stereocenters. The van der Waals surface area contributed by atoms with Gasteiger partial charge >= 0.3 is 0 Å². The molecule has 0 aliphatic rings. The van der Waals surface area contributed by atoms with E-state index in [9.17, 15) is 4.79 Å². The summed E-state index contributed by atoms with van der Waals surface area (Å²) in [4.78, 5) is 16.4. The highest BCUT2D eigenvalue weighted by Crippen LogP contribution is 2.11. The standard InChI is InChI=1S/C14H23N3O2/c1-5-6-11-7-10(8-12(15)16-11)13(18)17-14(2,3)9-19-4/h7-8H,5-6,9H2,1-4H3,(H2,15,16)(H,17,18). The molecule has 0 bridgehead atoms. The Balaban J connectivity index is 2.87. The number of rotatable bonds is 6. The summed E-state index contributed by atoms with van der Waals surface area (Å²) in [7, 11) is 1.61. The van der Waals surface area contributed by atoms with Crippen LogP contribution in [0.25, 0.3) is 0 Å². The van der Waals surface area contributed by atoms with Crippen LogP contribution < -0.4 is 11.1 Å². The van der Waals surface area contributed by atoms with E-state index in [0.29, 0.717) is 18.0 Å². The molecule has 5 nitrogen and oxygen atoms in total. The highest BCUT2D eigenvalue weighted by Gasteiger charge is 2.21. The molecule has 0 aliphatic carbocycles. The summed E-state index contributed by atoms with van der Waals surface area (Å²) in [5, 5.41) is 2.92. The molecule has 1 aromatic heterocycles. The third kappa shape index (κ3) is 4.87. The van der Waals surface area contributed by atoms with Crippen molar-refractivity contribution in [3.8, 4) is 0 Å². The Morgan fingerprint density at radius 2 is 2.16 bits per heavy atom. The molecule has 1 aromatic rings. The van der Waals surface area contributed by atoms with Gasteiger partial charge in [0.15, 0.2) is 0 Å². The normalized spacial score (nSPS) is 11.4. The van der Waals surface area contributed by atoms with Gasteiger partial charge < -0.3 is 15.8 Å². The van der Waals surface area contributed by atoms with Crippen molar-refractivity contribution in [2.24, 2.45) is 0 Å². The molecule has 0 radical (unpaired) electrons. The minimum Gasteiger partial charge on any atom is -0.384 e. The van der Waals surface area contributed by atoms with Gasteiger partial charge in [0, 0.05) is 18.4 Å². The number of nitrogens with two attached hydrogens (primary N) is 1. The van der Waals surface area contributed by atoms with Crippen LogP contribution in [0.5, 0.6) is 0 Å². The van der Waals surface area contributed by atoms with Crippen molar-refractivity contribution in [2.45, 2.75) is 39.2 Å². The first-order chi connectivity index (χ1) is 8.88. The van der Waals surface area contributed by atoms with Gasteiger partial charge in [0.05, 0.1) is 12.1 Å². The van der Waals surface area contributed by atoms with Crippen molar-refractivity contribution in [1.82, 2.24) is 10.3 Å². The van der Waals surface area contributed by atoms with Crippen molar-refractivity contribution < 1.29 is 9.53 Å². The Bertz CT molecular complexity index is 444. The summed E-state index contributed by atoms with van der Waals surface area (Å²) in [5.74, 6) is 0.217. The van der Waals surface area contributed by atoms with Gasteiger partial charge in [-0.2, -0.15) is 0 Å². The average molecular weight is 265 g/mol. The number of anilines is 1. The van der Waals surface area contributed by atoms with Gasteiger partial charge in [-0.15, -0.1) is 0 Å². The fourth-order valence-electron chi connectivity index (χ4n) is 1.90. The van der Waals surface area contributed by atoms with Crippen LogP contribution in [0.15, 0.2) is 12.1 Å². The number of carbonyl (C=O) groups is 1. The number of ether oxygens (including phenoxy) is 1. The molecule has 0 aromatic carbocycles. The van der Waals surface area contributed by atoms with E-state index in [1.165, 1.54) is 0 Å². The number of aryl methyl sites for hydroxylation is 1. The van der Waals surface area contributed by atoms with Crippen LogP contribution >= 0.6 is 0 Å². The summed E-state index contributed by atoms with van der Waals surface area (Å²) in [6.45, 7) is 6.32. The first-order valence-electron chi connectivity index (χ1n) is 6.46. The molecule has 1 amide bonds. The summed E-state index contributed by atoms with van der Waals surface area (Å²) >= 11 is 0. The quantitative estimate of drug-likeness (QED) is 0.821. The van der Waals surface area contributed by atoms with E-state index in [0.717, 1.165) is 18.5 Å². The molecular weight excluding hydrogens is 242 g/mol. The minimum atomic E-state index is -0.422. The summed E-state index contributed by atoms with van der Waals surface area (Å²) in [6.07, 6.45) is 1.78. The van der Waals surface area contributed by atoms with E-state index in [4.69, 9.17) is 10.5 Å². The second-order valence-electron chi connectivity index (χ2n) is 5.29. The maximum Gasteiger partial charge on any atom is 0.251 e. The van der Waals surface area contributed by atoms with Crippen LogP contribution in [-0.4, -0.2) is 30.1 Å². The summed E-state index contributed by atoms with van der Waals surface area (Å²) in [5.41, 5.74) is 6.70. The first kappa shape index (κ1) is 15.4. The molecule has 0 saturated heterocycles. The Kier molecular flexibility index (Phi) is 5.30. The first-order valence-corrected chi connectivity index (χ1v) is 6.46. The van der Waals surface area contributed by atoms with Crippen molar-refractivity contribution >= 4 is 11.7 Å². The zero-order valence-electron chi connectivity index (χ0n) is 12.1. The van der Waals surface area contributed by atoms with E-state index >= 15 is 0 Å². The number of hydrogen-bond acceptors (Lipinski definition) is 4. The van der Waals surface area contributed by atoms with Gasteiger partial charge in [-0.1, -0.05) is 13.3 Å². The average Bonchev–Trinajstić information content (AvgIpc) is 2.27. The van der Waals surface area contributed by atoms with Crippen molar-refractivity contribution in [3.63, 3.8) is 0 Å². The lowest BCUT2D eigenvalue weighted by molar-refractivity contribution is 0.0820. The van der Waals surface area contributed by atoms with Crippen LogP contribution in [0.1, 0.15) is 43.2 Å². The topological polar surface area (TPSA) is 77.2 Å². The molecule has 19 heavy (non-hydrogen) atoms. The third-order valence-corrected chi connectivity index (χ3v) is 2.62. The van der Waals surface area contributed by atoms with Gasteiger partial charge in [0.2, 0.25) is 0 Å². The lowest BCUT2D eigenvalue weighted by Gasteiger charge is -2.25. The summed E-state index contributed by atoms with van der Waals surface area (Å²) in [6, 6.07) is 3.38. The van der Waals surface area contributed by atoms with Gasteiger partial charge in [0.1, 0.15) is 5.82 Å². The number of methoxy groups -OCH3 is 1. The fourth-order valence-corrected chi connectivity index (χ4v) is 1.90. The third-order valence-electron chi connectivity index (χ3n) is 2.62. The second kappa shape index (κ2) is 6.52. The van der Waals surface area contributed by atoms with Crippen LogP contribution in [0.2, 0.25) is 0 Å². The molecule has 0 fully saturated rings. The number of amides is 1. The summed E-state index contributed by atoms with van der Waals surface area (Å²) < 4.78 is 5.08. The zero-order chi connectivity index (χ0) is 14.5. The number of pyridine rings is 1. The second-order valence-corrected chi connectivity index (χ2v) is 5.29. The van der Waals surface area contributed by atoms with E-state index < -0.39 is 5.54 Å². The molecule has 0 aliphatic heterocycles. The zero-order valence-corrected chi connectivity index (χ0v) is 12.1. The van der Waals surface area contributed by atoms with Gasteiger partial charge in [-0.3, -0.25) is 4.79 Å². The number of aromatic nitrogens is 1. The minimum absolute atomic E-state index is 0.159. The van der Waals surface area contributed by atoms with E-state index in [1.54, 1.807) is 19.2 Å². The van der Waals surface area contributed by atoms with Crippen LogP contribution in [0.3, 0.4) is 0 Å². The Hall–Kier alpha value is -1.62.